The molecule has 12 rings (SSSR count). The quantitative estimate of drug-likeness (QED) is 0.0980. The van der Waals surface area contributed by atoms with Crippen molar-refractivity contribution < 1.29 is 31.6 Å². The largest absolute Gasteiger partial charge is 0.464 e. The van der Waals surface area contributed by atoms with E-state index in [0.717, 1.165) is 39.7 Å². The van der Waals surface area contributed by atoms with Crippen molar-refractivity contribution in [2.75, 3.05) is 49.1 Å². The molecule has 2 aromatic carbocycles. The minimum absolute atomic E-state index is 0.00615. The number of halogens is 5. The van der Waals surface area contributed by atoms with Gasteiger partial charge in [0.2, 0.25) is 11.8 Å². The molecular formula is C67H62Cl2F3N13O6. The number of rotatable bonds is 13. The molecule has 2 fully saturated rings. The second-order valence-electron chi connectivity index (χ2n) is 23.1. The van der Waals surface area contributed by atoms with Gasteiger partial charge in [0.05, 0.1) is 92.9 Å². The maximum absolute atomic E-state index is 15.5. The Labute approximate surface area is 530 Å². The highest BCUT2D eigenvalue weighted by atomic mass is 35.5. The molecule has 466 valence electrons. The van der Waals surface area contributed by atoms with Gasteiger partial charge in [0.15, 0.2) is 0 Å². The molecule has 2 atom stereocenters. The summed E-state index contributed by atoms with van der Waals surface area (Å²) in [4.78, 5) is 87.8. The molecule has 24 heteroatoms. The number of benzene rings is 2. The molecule has 0 aliphatic carbocycles. The summed E-state index contributed by atoms with van der Waals surface area (Å²) >= 11 is 13.7. The van der Waals surface area contributed by atoms with Crippen molar-refractivity contribution in [2.24, 2.45) is 0 Å². The fourth-order valence-electron chi connectivity index (χ4n) is 12.2. The molecule has 91 heavy (non-hydrogen) atoms. The molecule has 10 aromatic rings. The predicted octanol–water partition coefficient (Wildman–Crippen LogP) is 12.2. The summed E-state index contributed by atoms with van der Waals surface area (Å²) in [6.07, 6.45) is 8.79. The van der Waals surface area contributed by atoms with Gasteiger partial charge in [-0.25, -0.2) is 32.7 Å². The van der Waals surface area contributed by atoms with Gasteiger partial charge in [-0.05, 0) is 116 Å². The van der Waals surface area contributed by atoms with Crippen molar-refractivity contribution in [1.29, 1.82) is 5.26 Å². The predicted molar refractivity (Wildman–Crippen MR) is 344 cm³/mol. The van der Waals surface area contributed by atoms with Crippen LogP contribution < -0.4 is 21.2 Å². The number of anilines is 2. The second kappa shape index (κ2) is 25.6. The van der Waals surface area contributed by atoms with Gasteiger partial charge >= 0.3 is 11.4 Å². The lowest BCUT2D eigenvalue weighted by molar-refractivity contribution is -0.128. The molecule has 0 bridgehead atoms. The monoisotopic (exact) mass is 1270 g/mol. The number of aromatic nitrogens is 8. The third kappa shape index (κ3) is 11.8. The van der Waals surface area contributed by atoms with Crippen LogP contribution in [0.3, 0.4) is 0 Å². The number of furan rings is 2. The van der Waals surface area contributed by atoms with Gasteiger partial charge in [-0.1, -0.05) is 64.1 Å². The average molecular weight is 1270 g/mol. The molecule has 2 aliphatic rings. The molecule has 2 amide bonds. The summed E-state index contributed by atoms with van der Waals surface area (Å²) in [7, 11) is 0. The molecule has 10 heterocycles. The molecule has 2 saturated heterocycles. The number of carbonyl (C=O) groups excluding carboxylic acids is 2. The lowest BCUT2D eigenvalue weighted by Gasteiger charge is -2.41. The van der Waals surface area contributed by atoms with Gasteiger partial charge < -0.3 is 28.4 Å². The number of amides is 2. The summed E-state index contributed by atoms with van der Waals surface area (Å²) < 4.78 is 59.5. The molecule has 0 unspecified atom stereocenters. The first-order valence-electron chi connectivity index (χ1n) is 29.5. The van der Waals surface area contributed by atoms with Crippen LogP contribution in [0.1, 0.15) is 86.5 Å². The summed E-state index contributed by atoms with van der Waals surface area (Å²) in [5.41, 5.74) is 4.87. The van der Waals surface area contributed by atoms with E-state index in [1.807, 2.05) is 70.4 Å². The van der Waals surface area contributed by atoms with E-state index < -0.39 is 34.9 Å². The normalized spacial score (nSPS) is 15.3. The number of fused-ring (bicyclic) bond motifs is 4. The Morgan fingerprint density at radius 3 is 1.81 bits per heavy atom. The maximum atomic E-state index is 15.5. The number of nitrogens with zero attached hydrogens (tertiary/aromatic N) is 13. The maximum Gasteiger partial charge on any atom is 0.351 e. The van der Waals surface area contributed by atoms with Crippen molar-refractivity contribution in [3.05, 3.63) is 187 Å². The fourth-order valence-corrected chi connectivity index (χ4v) is 12.7. The van der Waals surface area contributed by atoms with Crippen LogP contribution in [0.15, 0.2) is 123 Å². The molecule has 2 aliphatic heterocycles. The zero-order valence-corrected chi connectivity index (χ0v) is 52.4. The minimum Gasteiger partial charge on any atom is -0.464 e. The molecule has 0 N–H and O–H groups in total. The van der Waals surface area contributed by atoms with E-state index in [1.54, 1.807) is 46.5 Å². The van der Waals surface area contributed by atoms with Gasteiger partial charge in [-0.15, -0.1) is 0 Å². The van der Waals surface area contributed by atoms with Crippen LogP contribution in [0.5, 0.6) is 0 Å². The van der Waals surface area contributed by atoms with E-state index in [9.17, 15) is 28.8 Å². The van der Waals surface area contributed by atoms with Crippen LogP contribution in [0.4, 0.5) is 24.8 Å². The average Bonchev–Trinajstić information content (AvgIpc) is 1.55. The van der Waals surface area contributed by atoms with Gasteiger partial charge in [0.1, 0.15) is 51.5 Å². The molecule has 8 aromatic heterocycles. The van der Waals surface area contributed by atoms with Crippen molar-refractivity contribution in [1.82, 2.24) is 48.8 Å². The first-order valence-corrected chi connectivity index (χ1v) is 30.2. The van der Waals surface area contributed by atoms with Crippen molar-refractivity contribution in [3.63, 3.8) is 0 Å². The number of aryl methyl sites for hydroxylation is 2. The summed E-state index contributed by atoms with van der Waals surface area (Å²) in [5, 5.41) is 11.4. The van der Waals surface area contributed by atoms with Crippen LogP contribution >= 0.6 is 23.2 Å². The van der Waals surface area contributed by atoms with Gasteiger partial charge in [-0.2, -0.15) is 15.2 Å². The Kier molecular flexibility index (Phi) is 17.7. The van der Waals surface area contributed by atoms with E-state index in [2.05, 4.69) is 39.2 Å². The van der Waals surface area contributed by atoms with Crippen molar-refractivity contribution in [2.45, 2.75) is 91.9 Å². The zero-order valence-electron chi connectivity index (χ0n) is 50.9. The molecule has 0 spiro atoms. The van der Waals surface area contributed by atoms with Crippen LogP contribution in [0.2, 0.25) is 10.0 Å². The van der Waals surface area contributed by atoms with Crippen molar-refractivity contribution in [3.8, 4) is 28.6 Å². The number of pyridine rings is 4. The highest BCUT2D eigenvalue weighted by Crippen LogP contribution is 2.41. The molecule has 0 radical (unpaired) electrons. The van der Waals surface area contributed by atoms with Crippen LogP contribution in [-0.4, -0.2) is 112 Å². The first kappa shape index (κ1) is 62.9. The number of hydrogen-bond donors (Lipinski definition) is 0. The third-order valence-corrected chi connectivity index (χ3v) is 17.4. The Morgan fingerprint density at radius 1 is 0.681 bits per heavy atom. The molecule has 0 saturated carbocycles. The third-order valence-electron chi connectivity index (χ3n) is 16.8. The Bertz CT molecular complexity index is 4770. The van der Waals surface area contributed by atoms with E-state index in [1.165, 1.54) is 45.9 Å². The van der Waals surface area contributed by atoms with Gasteiger partial charge in [0.25, 0.3) is 0 Å². The lowest BCUT2D eigenvalue weighted by atomic mass is 9.99. The van der Waals surface area contributed by atoms with Crippen LogP contribution in [0, 0.1) is 42.6 Å². The highest BCUT2D eigenvalue weighted by Gasteiger charge is 2.34. The van der Waals surface area contributed by atoms with E-state index >= 15 is 8.78 Å². The number of hydrogen-bond acceptors (Lipinski definition) is 15. The van der Waals surface area contributed by atoms with Gasteiger partial charge in [0, 0.05) is 80.5 Å². The standard InChI is InChI=1S/C34H31ClFN7O3.C33H31ClF2N6O3/c1-5-27(44)42-14-13-41(17-22(42)8-11-37)32-23-16-25(35)30(28-26(36)7-6-21-10-15-46-31(21)28)39-33(23)43(34(45)40-32)18-24-20(4)9-12-38-29(24)19(2)3;1-6-26(43)40-10-11-41(19(5)15-40)32-21-13-23(34)29(27-25(36)14-24(35)20-8-12-45-30(20)27)38-31(21)42(33(44)39-32)16-22-18(4)7-9-37-28(22)17(2)3/h5-7,9-10,12,15-16,19,22H,1,8,13-14,17-18H2,2-4H3;6-9,12-14,17,19H,1,10-11,15-16H2,2-5H3/t22-;19-/m00/s1. The first-order chi connectivity index (χ1) is 43.6. The van der Waals surface area contributed by atoms with Crippen LogP contribution in [-0.2, 0) is 22.7 Å². The number of nitriles is 1. The zero-order chi connectivity index (χ0) is 64.9. The highest BCUT2D eigenvalue weighted by molar-refractivity contribution is 6.34. The van der Waals surface area contributed by atoms with E-state index in [0.29, 0.717) is 60.5 Å². The number of piperazine rings is 2. The SMILES string of the molecule is C=CC(=O)N1CCN(c2nc(=O)n(Cc3c(C)ccnc3C(C)C)c3nc(-c4c(F)cc(F)c5ccoc45)c(Cl)cc23)[C@@H](C)C1.C=CC(=O)N1CCN(c2nc(=O)n(Cc3c(C)ccnc3C(C)C)c3nc(-c4c(F)ccc5ccoc45)c(Cl)cc23)C[C@@H]1CC#N. The summed E-state index contributed by atoms with van der Waals surface area (Å²) in [6, 6.07) is 15.3. The molecular weight excluding hydrogens is 1210 g/mol. The second-order valence-corrected chi connectivity index (χ2v) is 24.0. The fraction of sp³-hybridized carbons (Fsp3) is 0.299. The van der Waals surface area contributed by atoms with E-state index in [-0.39, 0.29) is 116 Å². The summed E-state index contributed by atoms with van der Waals surface area (Å²) in [6.45, 7) is 23.4. The minimum atomic E-state index is -0.909. The molecule has 19 nitrogen and oxygen atoms in total. The Balaban J connectivity index is 0.000000187. The van der Waals surface area contributed by atoms with E-state index in [4.69, 9.17) is 42.0 Å². The van der Waals surface area contributed by atoms with Crippen molar-refractivity contribution >= 4 is 90.7 Å². The number of carbonyl (C=O) groups is 2. The Morgan fingerprint density at radius 2 is 1.24 bits per heavy atom. The smallest absolute Gasteiger partial charge is 0.351 e. The Hall–Kier alpha value is -9.72. The summed E-state index contributed by atoms with van der Waals surface area (Å²) in [5.74, 6) is -1.90. The lowest BCUT2D eigenvalue weighted by Crippen LogP contribution is -2.55. The van der Waals surface area contributed by atoms with Gasteiger partial charge in [-0.3, -0.25) is 28.7 Å². The topological polar surface area (TPSA) is 219 Å². The van der Waals surface area contributed by atoms with Crippen LogP contribution in [0.25, 0.3) is 66.5 Å².